The fraction of sp³-hybridized carbons (Fsp3) is 0.462. The highest BCUT2D eigenvalue weighted by Gasteiger charge is 2.39. The lowest BCUT2D eigenvalue weighted by Crippen LogP contribution is -2.61. The van der Waals surface area contributed by atoms with Gasteiger partial charge in [-0.2, -0.15) is 0 Å². The zero-order chi connectivity index (χ0) is 12.5. The first-order valence-corrected chi connectivity index (χ1v) is 5.76. The number of carbonyl (C=O) groups excluding carboxylic acids is 1. The molecule has 0 spiro atoms. The van der Waals surface area contributed by atoms with Crippen LogP contribution in [0.3, 0.4) is 0 Å². The van der Waals surface area contributed by atoms with Crippen LogP contribution in [-0.2, 0) is 0 Å². The third-order valence-corrected chi connectivity index (χ3v) is 2.76. The Kier molecular flexibility index (Phi) is 3.07. The molecule has 1 aromatic rings. The Labute approximate surface area is 101 Å². The number of benzene rings is 1. The van der Waals surface area contributed by atoms with Gasteiger partial charge in [-0.15, -0.1) is 0 Å². The van der Waals surface area contributed by atoms with E-state index in [1.165, 1.54) is 0 Å². The highest BCUT2D eigenvalue weighted by atomic mass is 16.5. The van der Waals surface area contributed by atoms with Gasteiger partial charge in [0, 0.05) is 5.56 Å². The van der Waals surface area contributed by atoms with Crippen molar-refractivity contribution in [3.63, 3.8) is 0 Å². The summed E-state index contributed by atoms with van der Waals surface area (Å²) in [6, 6.07) is 7.07. The summed E-state index contributed by atoms with van der Waals surface area (Å²) in [6.45, 7) is 5.07. The van der Waals surface area contributed by atoms with Gasteiger partial charge in [0.15, 0.2) is 0 Å². The van der Waals surface area contributed by atoms with Gasteiger partial charge >= 0.3 is 0 Å². The molecule has 92 valence electrons. The molecule has 1 fully saturated rings. The van der Waals surface area contributed by atoms with Crippen LogP contribution < -0.4 is 4.74 Å². The van der Waals surface area contributed by atoms with Gasteiger partial charge in [0.25, 0.3) is 5.91 Å². The Hall–Kier alpha value is -1.55. The van der Waals surface area contributed by atoms with E-state index in [0.29, 0.717) is 25.3 Å². The second-order valence-electron chi connectivity index (χ2n) is 4.62. The maximum atomic E-state index is 12.0. The van der Waals surface area contributed by atoms with Crippen LogP contribution in [0.2, 0.25) is 0 Å². The largest absolute Gasteiger partial charge is 0.494 e. The molecule has 0 aliphatic carbocycles. The van der Waals surface area contributed by atoms with Crippen molar-refractivity contribution < 1.29 is 14.6 Å². The van der Waals surface area contributed by atoms with Crippen molar-refractivity contribution >= 4 is 5.91 Å². The summed E-state index contributed by atoms with van der Waals surface area (Å²) in [5.74, 6) is 0.722. The topological polar surface area (TPSA) is 49.8 Å². The average molecular weight is 235 g/mol. The lowest BCUT2D eigenvalue weighted by Gasteiger charge is -2.44. The Morgan fingerprint density at radius 2 is 2.00 bits per heavy atom. The molecule has 0 atom stereocenters. The third-order valence-electron chi connectivity index (χ3n) is 2.76. The van der Waals surface area contributed by atoms with E-state index < -0.39 is 5.60 Å². The van der Waals surface area contributed by atoms with Crippen molar-refractivity contribution in [1.82, 2.24) is 4.90 Å². The smallest absolute Gasteiger partial charge is 0.254 e. The third kappa shape index (κ3) is 2.58. The minimum Gasteiger partial charge on any atom is -0.494 e. The Bertz CT molecular complexity index is 403. The van der Waals surface area contributed by atoms with Gasteiger partial charge in [-0.25, -0.2) is 0 Å². The summed E-state index contributed by atoms with van der Waals surface area (Å²) < 4.78 is 5.31. The van der Waals surface area contributed by atoms with Crippen LogP contribution in [0, 0.1) is 0 Å². The normalized spacial score (nSPS) is 17.5. The SMILES string of the molecule is CCOc1ccc(C(=O)N2CC(C)(O)C2)cc1. The van der Waals surface area contributed by atoms with E-state index in [9.17, 15) is 9.90 Å². The minimum absolute atomic E-state index is 0.0421. The number of nitrogens with zero attached hydrogens (tertiary/aromatic N) is 1. The van der Waals surface area contributed by atoms with Crippen LogP contribution in [0.25, 0.3) is 0 Å². The lowest BCUT2D eigenvalue weighted by molar-refractivity contribution is -0.0668. The predicted octanol–water partition coefficient (Wildman–Crippen LogP) is 1.29. The number of aliphatic hydroxyl groups is 1. The standard InChI is InChI=1S/C13H17NO3/c1-3-17-11-6-4-10(5-7-11)12(15)14-8-13(2,16)9-14/h4-7,16H,3,8-9H2,1-2H3. The van der Waals surface area contributed by atoms with Crippen molar-refractivity contribution in [2.45, 2.75) is 19.4 Å². The van der Waals surface area contributed by atoms with Gasteiger partial charge in [0.1, 0.15) is 5.75 Å². The Morgan fingerprint density at radius 3 is 2.47 bits per heavy atom. The maximum Gasteiger partial charge on any atom is 0.254 e. The highest BCUT2D eigenvalue weighted by molar-refractivity contribution is 5.95. The number of carbonyl (C=O) groups is 1. The number of likely N-dealkylation sites (tertiary alicyclic amines) is 1. The number of hydrogen-bond acceptors (Lipinski definition) is 3. The zero-order valence-corrected chi connectivity index (χ0v) is 10.1. The molecule has 17 heavy (non-hydrogen) atoms. The molecule has 2 rings (SSSR count). The van der Waals surface area contributed by atoms with Gasteiger partial charge < -0.3 is 14.7 Å². The molecule has 0 radical (unpaired) electrons. The number of ether oxygens (including phenoxy) is 1. The van der Waals surface area contributed by atoms with Crippen LogP contribution in [-0.4, -0.2) is 41.2 Å². The van der Waals surface area contributed by atoms with Crippen LogP contribution in [0.15, 0.2) is 24.3 Å². The average Bonchev–Trinajstić information content (AvgIpc) is 2.26. The monoisotopic (exact) mass is 235 g/mol. The maximum absolute atomic E-state index is 12.0. The summed E-state index contributed by atoms with van der Waals surface area (Å²) in [7, 11) is 0. The van der Waals surface area contributed by atoms with Crippen molar-refractivity contribution in [1.29, 1.82) is 0 Å². The molecule has 4 heteroatoms. The van der Waals surface area contributed by atoms with Crippen molar-refractivity contribution in [3.05, 3.63) is 29.8 Å². The van der Waals surface area contributed by atoms with E-state index in [1.807, 2.05) is 6.92 Å². The lowest BCUT2D eigenvalue weighted by atomic mass is 9.96. The Balaban J connectivity index is 2.00. The van der Waals surface area contributed by atoms with Crippen LogP contribution in [0.4, 0.5) is 0 Å². The van der Waals surface area contributed by atoms with Crippen molar-refractivity contribution in [3.8, 4) is 5.75 Å². The second kappa shape index (κ2) is 4.37. The molecule has 1 amide bonds. The van der Waals surface area contributed by atoms with Crippen molar-refractivity contribution in [2.75, 3.05) is 19.7 Å². The summed E-state index contributed by atoms with van der Waals surface area (Å²) in [5.41, 5.74) is -0.0926. The Morgan fingerprint density at radius 1 is 1.41 bits per heavy atom. The highest BCUT2D eigenvalue weighted by Crippen LogP contribution is 2.22. The summed E-state index contributed by atoms with van der Waals surface area (Å²) in [6.07, 6.45) is 0. The number of hydrogen-bond donors (Lipinski definition) is 1. The molecule has 0 bridgehead atoms. The van der Waals surface area contributed by atoms with E-state index in [2.05, 4.69) is 0 Å². The predicted molar refractivity (Wildman–Crippen MR) is 64.1 cm³/mol. The van der Waals surface area contributed by atoms with E-state index in [4.69, 9.17) is 4.74 Å². The summed E-state index contributed by atoms with van der Waals surface area (Å²) >= 11 is 0. The molecule has 1 heterocycles. The van der Waals surface area contributed by atoms with Crippen LogP contribution in [0.1, 0.15) is 24.2 Å². The van der Waals surface area contributed by atoms with Crippen LogP contribution in [0.5, 0.6) is 5.75 Å². The van der Waals surface area contributed by atoms with Gasteiger partial charge in [-0.3, -0.25) is 4.79 Å². The van der Waals surface area contributed by atoms with E-state index in [0.717, 1.165) is 5.75 Å². The summed E-state index contributed by atoms with van der Waals surface area (Å²) in [5, 5.41) is 9.58. The number of β-amino-alcohol motifs (C(OH)–C–C–N with tert-alkyl or cyclic N) is 1. The molecule has 1 aliphatic rings. The molecule has 0 aromatic heterocycles. The van der Waals surface area contributed by atoms with E-state index in [-0.39, 0.29) is 5.91 Å². The first-order valence-electron chi connectivity index (χ1n) is 5.76. The molecular weight excluding hydrogens is 218 g/mol. The second-order valence-corrected chi connectivity index (χ2v) is 4.62. The molecule has 4 nitrogen and oxygen atoms in total. The molecule has 1 aromatic carbocycles. The first kappa shape index (κ1) is 11.9. The summed E-state index contributed by atoms with van der Waals surface area (Å²) in [4.78, 5) is 13.6. The van der Waals surface area contributed by atoms with Gasteiger partial charge in [-0.05, 0) is 38.1 Å². The van der Waals surface area contributed by atoms with E-state index in [1.54, 1.807) is 36.1 Å². The first-order chi connectivity index (χ1) is 8.02. The van der Waals surface area contributed by atoms with Crippen LogP contribution >= 0.6 is 0 Å². The minimum atomic E-state index is -0.721. The van der Waals surface area contributed by atoms with Crippen molar-refractivity contribution in [2.24, 2.45) is 0 Å². The number of amides is 1. The molecular formula is C13H17NO3. The molecule has 1 N–H and O–H groups in total. The molecule has 1 aliphatic heterocycles. The molecule has 0 unspecified atom stereocenters. The molecule has 1 saturated heterocycles. The fourth-order valence-electron chi connectivity index (χ4n) is 1.96. The van der Waals surface area contributed by atoms with E-state index >= 15 is 0 Å². The molecule has 0 saturated carbocycles. The quantitative estimate of drug-likeness (QED) is 0.859. The number of rotatable bonds is 3. The fourth-order valence-corrected chi connectivity index (χ4v) is 1.96. The van der Waals surface area contributed by atoms with Gasteiger partial charge in [0.05, 0.1) is 25.3 Å². The van der Waals surface area contributed by atoms with Gasteiger partial charge in [0.2, 0.25) is 0 Å². The van der Waals surface area contributed by atoms with Gasteiger partial charge in [-0.1, -0.05) is 0 Å². The zero-order valence-electron chi connectivity index (χ0n) is 10.1.